The number of rotatable bonds is 4. The summed E-state index contributed by atoms with van der Waals surface area (Å²) in [6.07, 6.45) is 10.5. The Kier molecular flexibility index (Phi) is 4.57. The van der Waals surface area contributed by atoms with Crippen molar-refractivity contribution in [2.75, 3.05) is 36.0 Å². The minimum absolute atomic E-state index is 0.803. The van der Waals surface area contributed by atoms with Crippen LogP contribution in [-0.2, 0) is 13.5 Å². The molecule has 9 heteroatoms. The Morgan fingerprint density at radius 3 is 2.37 bits per heavy atom. The lowest BCUT2D eigenvalue weighted by Crippen LogP contribution is -2.47. The molecular formula is C21H25N9. The van der Waals surface area contributed by atoms with Crippen molar-refractivity contribution in [3.05, 3.63) is 48.4 Å². The van der Waals surface area contributed by atoms with E-state index in [1.54, 1.807) is 6.33 Å². The molecule has 0 bridgehead atoms. The highest BCUT2D eigenvalue weighted by atomic mass is 15.4. The molecule has 0 spiro atoms. The second kappa shape index (κ2) is 7.40. The average molecular weight is 403 g/mol. The summed E-state index contributed by atoms with van der Waals surface area (Å²) in [6.45, 7) is 7.57. The van der Waals surface area contributed by atoms with Crippen LogP contribution in [0.4, 0.5) is 11.8 Å². The standard InChI is InChI=1S/C21H25N9/c1-4-16-10-22-21(23-11-16)29-7-5-28(6-8-29)20-19-9-17(12-30(19)25-14-24-20)18-13-27(3)26-15(18)2/h9-14H,4-8H2,1-3H3. The van der Waals surface area contributed by atoms with Crippen molar-refractivity contribution < 1.29 is 0 Å². The van der Waals surface area contributed by atoms with Crippen molar-refractivity contribution in [1.82, 2.24) is 34.3 Å². The predicted octanol–water partition coefficient (Wildman–Crippen LogP) is 2.12. The monoisotopic (exact) mass is 403 g/mol. The van der Waals surface area contributed by atoms with Crippen LogP contribution in [0.5, 0.6) is 0 Å². The van der Waals surface area contributed by atoms with Gasteiger partial charge in [0.1, 0.15) is 11.8 Å². The Bertz CT molecular complexity index is 1170. The lowest BCUT2D eigenvalue weighted by atomic mass is 10.1. The molecule has 4 aromatic heterocycles. The minimum atomic E-state index is 0.803. The van der Waals surface area contributed by atoms with E-state index in [0.717, 1.165) is 72.3 Å². The van der Waals surface area contributed by atoms with E-state index in [9.17, 15) is 0 Å². The molecule has 0 atom stereocenters. The first-order valence-electron chi connectivity index (χ1n) is 10.3. The molecule has 1 fully saturated rings. The average Bonchev–Trinajstić information content (AvgIpc) is 3.36. The van der Waals surface area contributed by atoms with Crippen molar-refractivity contribution in [2.24, 2.45) is 7.05 Å². The maximum absolute atomic E-state index is 4.61. The number of fused-ring (bicyclic) bond motifs is 1. The molecule has 5 heterocycles. The molecule has 1 saturated heterocycles. The smallest absolute Gasteiger partial charge is 0.225 e. The van der Waals surface area contributed by atoms with Crippen LogP contribution in [0.2, 0.25) is 0 Å². The van der Waals surface area contributed by atoms with Crippen LogP contribution >= 0.6 is 0 Å². The molecule has 0 N–H and O–H groups in total. The molecule has 5 rings (SSSR count). The van der Waals surface area contributed by atoms with E-state index >= 15 is 0 Å². The Labute approximate surface area is 175 Å². The molecule has 154 valence electrons. The third-order valence-corrected chi connectivity index (χ3v) is 5.67. The fraction of sp³-hybridized carbons (Fsp3) is 0.381. The van der Waals surface area contributed by atoms with E-state index in [4.69, 9.17) is 0 Å². The van der Waals surface area contributed by atoms with Gasteiger partial charge in [0.05, 0.1) is 5.69 Å². The van der Waals surface area contributed by atoms with E-state index < -0.39 is 0 Å². The number of hydrogen-bond acceptors (Lipinski definition) is 7. The number of anilines is 2. The maximum atomic E-state index is 4.61. The first-order chi connectivity index (χ1) is 14.6. The largest absolute Gasteiger partial charge is 0.351 e. The van der Waals surface area contributed by atoms with Gasteiger partial charge in [-0.05, 0) is 25.0 Å². The number of aromatic nitrogens is 7. The van der Waals surface area contributed by atoms with Gasteiger partial charge >= 0.3 is 0 Å². The van der Waals surface area contributed by atoms with Gasteiger partial charge in [0.15, 0.2) is 5.82 Å². The first-order valence-corrected chi connectivity index (χ1v) is 10.3. The molecule has 0 saturated carbocycles. The topological polar surface area (TPSA) is 80.3 Å². The quantitative estimate of drug-likeness (QED) is 0.516. The van der Waals surface area contributed by atoms with Crippen molar-refractivity contribution >= 4 is 17.3 Å². The summed E-state index contributed by atoms with van der Waals surface area (Å²) in [4.78, 5) is 18.2. The second-order valence-electron chi connectivity index (χ2n) is 7.66. The zero-order valence-electron chi connectivity index (χ0n) is 17.5. The Morgan fingerprint density at radius 1 is 0.967 bits per heavy atom. The van der Waals surface area contributed by atoms with E-state index in [-0.39, 0.29) is 0 Å². The highest BCUT2D eigenvalue weighted by Gasteiger charge is 2.22. The van der Waals surface area contributed by atoms with Crippen LogP contribution in [0.3, 0.4) is 0 Å². The Hall–Kier alpha value is -3.49. The molecule has 0 unspecified atom stereocenters. The SMILES string of the molecule is CCc1cnc(N2CCN(c3ncnn4cc(-c5cn(C)nc5C)cc34)CC2)nc1. The minimum Gasteiger partial charge on any atom is -0.351 e. The lowest BCUT2D eigenvalue weighted by Gasteiger charge is -2.35. The highest BCUT2D eigenvalue weighted by molar-refractivity contribution is 5.78. The van der Waals surface area contributed by atoms with Crippen LogP contribution in [0.25, 0.3) is 16.6 Å². The zero-order valence-corrected chi connectivity index (χ0v) is 17.5. The van der Waals surface area contributed by atoms with Crippen molar-refractivity contribution in [1.29, 1.82) is 0 Å². The second-order valence-corrected chi connectivity index (χ2v) is 7.66. The van der Waals surface area contributed by atoms with Gasteiger partial charge in [0, 0.05) is 69.1 Å². The van der Waals surface area contributed by atoms with Gasteiger partial charge in [-0.2, -0.15) is 10.2 Å². The number of piperazine rings is 1. The van der Waals surface area contributed by atoms with Crippen LogP contribution in [0.1, 0.15) is 18.2 Å². The van der Waals surface area contributed by atoms with Crippen LogP contribution in [-0.4, -0.2) is 60.5 Å². The molecule has 4 aromatic rings. The number of hydrogen-bond donors (Lipinski definition) is 0. The van der Waals surface area contributed by atoms with Crippen molar-refractivity contribution in [2.45, 2.75) is 20.3 Å². The van der Waals surface area contributed by atoms with Gasteiger partial charge in [0.25, 0.3) is 0 Å². The van der Waals surface area contributed by atoms with Gasteiger partial charge in [-0.1, -0.05) is 6.92 Å². The summed E-state index contributed by atoms with van der Waals surface area (Å²) in [5.41, 5.74) is 5.39. The third kappa shape index (κ3) is 3.26. The van der Waals surface area contributed by atoms with Crippen LogP contribution < -0.4 is 9.80 Å². The molecule has 30 heavy (non-hydrogen) atoms. The van der Waals surface area contributed by atoms with Gasteiger partial charge in [-0.3, -0.25) is 4.68 Å². The van der Waals surface area contributed by atoms with Gasteiger partial charge in [-0.15, -0.1) is 0 Å². The summed E-state index contributed by atoms with van der Waals surface area (Å²) < 4.78 is 3.75. The van der Waals surface area contributed by atoms with Gasteiger partial charge in [-0.25, -0.2) is 19.5 Å². The molecule has 0 amide bonds. The molecule has 1 aliphatic heterocycles. The molecule has 9 nitrogen and oxygen atoms in total. The summed E-state index contributed by atoms with van der Waals surface area (Å²) in [6, 6.07) is 2.15. The molecule has 0 aliphatic carbocycles. The third-order valence-electron chi connectivity index (χ3n) is 5.67. The summed E-state index contributed by atoms with van der Waals surface area (Å²) in [5.74, 6) is 1.76. The maximum Gasteiger partial charge on any atom is 0.225 e. The van der Waals surface area contributed by atoms with E-state index in [0.29, 0.717) is 0 Å². The normalized spacial score (nSPS) is 14.6. The van der Waals surface area contributed by atoms with Crippen molar-refractivity contribution in [3.63, 3.8) is 0 Å². The summed E-state index contributed by atoms with van der Waals surface area (Å²) in [7, 11) is 1.94. The van der Waals surface area contributed by atoms with E-state index in [1.807, 2.05) is 48.0 Å². The number of aryl methyl sites for hydroxylation is 3. The molecule has 0 aromatic carbocycles. The fourth-order valence-corrected chi connectivity index (χ4v) is 4.00. The van der Waals surface area contributed by atoms with Gasteiger partial charge < -0.3 is 9.80 Å². The fourth-order valence-electron chi connectivity index (χ4n) is 4.00. The highest BCUT2D eigenvalue weighted by Crippen LogP contribution is 2.29. The first kappa shape index (κ1) is 18.5. The number of nitrogens with zero attached hydrogens (tertiary/aromatic N) is 9. The van der Waals surface area contributed by atoms with Crippen LogP contribution in [0, 0.1) is 6.92 Å². The van der Waals surface area contributed by atoms with Crippen LogP contribution in [0.15, 0.2) is 37.2 Å². The molecule has 1 aliphatic rings. The van der Waals surface area contributed by atoms with Crippen molar-refractivity contribution in [3.8, 4) is 11.1 Å². The predicted molar refractivity (Wildman–Crippen MR) is 116 cm³/mol. The summed E-state index contributed by atoms with van der Waals surface area (Å²) in [5, 5.41) is 8.88. The lowest BCUT2D eigenvalue weighted by molar-refractivity contribution is 0.633. The summed E-state index contributed by atoms with van der Waals surface area (Å²) >= 11 is 0. The van der Waals surface area contributed by atoms with E-state index in [1.165, 1.54) is 0 Å². The van der Waals surface area contributed by atoms with E-state index in [2.05, 4.69) is 47.9 Å². The molecular weight excluding hydrogens is 378 g/mol. The van der Waals surface area contributed by atoms with Gasteiger partial charge in [0.2, 0.25) is 5.95 Å². The zero-order chi connectivity index (χ0) is 20.7. The Morgan fingerprint density at radius 2 is 1.70 bits per heavy atom. The Balaban J connectivity index is 1.38. The molecule has 0 radical (unpaired) electrons.